The van der Waals surface area contributed by atoms with E-state index in [2.05, 4.69) is 4.98 Å². The molecule has 1 aromatic heterocycles. The molecule has 0 N–H and O–H groups in total. The lowest BCUT2D eigenvalue weighted by Gasteiger charge is -2.09. The van der Waals surface area contributed by atoms with Crippen LogP contribution in [0.5, 0.6) is 0 Å². The van der Waals surface area contributed by atoms with E-state index in [1.165, 1.54) is 0 Å². The first kappa shape index (κ1) is 15.2. The molecule has 0 aliphatic heterocycles. The van der Waals surface area contributed by atoms with Crippen molar-refractivity contribution in [2.75, 3.05) is 6.61 Å². The molecule has 0 radical (unpaired) electrons. The number of nitrogens with zero attached hydrogens (tertiary/aromatic N) is 1. The van der Waals surface area contributed by atoms with Crippen LogP contribution in [0, 0.1) is 20.8 Å². The van der Waals surface area contributed by atoms with Gasteiger partial charge < -0.3 is 4.74 Å². The SMILES string of the molecule is Cc1cccc(CCCOC(=O)c2cccc(C)c2C)n1. The number of aryl methyl sites for hydroxylation is 3. The maximum atomic E-state index is 12.0. The fraction of sp³-hybridized carbons (Fsp3) is 0.333. The Balaban J connectivity index is 1.83. The molecule has 0 bridgehead atoms. The molecule has 2 rings (SSSR count). The largest absolute Gasteiger partial charge is 0.462 e. The Kier molecular flexibility index (Phi) is 5.09. The number of benzene rings is 1. The highest BCUT2D eigenvalue weighted by Crippen LogP contribution is 2.14. The van der Waals surface area contributed by atoms with Crippen molar-refractivity contribution in [1.29, 1.82) is 0 Å². The third kappa shape index (κ3) is 4.15. The lowest BCUT2D eigenvalue weighted by Crippen LogP contribution is -2.09. The molecule has 0 aliphatic rings. The highest BCUT2D eigenvalue weighted by atomic mass is 16.5. The number of rotatable bonds is 5. The zero-order valence-electron chi connectivity index (χ0n) is 12.8. The minimum Gasteiger partial charge on any atom is -0.462 e. The molecule has 3 nitrogen and oxygen atoms in total. The van der Waals surface area contributed by atoms with Gasteiger partial charge in [-0.3, -0.25) is 4.98 Å². The summed E-state index contributed by atoms with van der Waals surface area (Å²) in [6, 6.07) is 11.7. The molecule has 0 spiro atoms. The predicted molar refractivity (Wildman–Crippen MR) is 83.5 cm³/mol. The van der Waals surface area contributed by atoms with Crippen molar-refractivity contribution < 1.29 is 9.53 Å². The molecule has 21 heavy (non-hydrogen) atoms. The summed E-state index contributed by atoms with van der Waals surface area (Å²) in [5, 5.41) is 0. The minimum atomic E-state index is -0.242. The lowest BCUT2D eigenvalue weighted by molar-refractivity contribution is 0.0499. The Labute approximate surface area is 126 Å². The van der Waals surface area contributed by atoms with Gasteiger partial charge in [-0.2, -0.15) is 0 Å². The van der Waals surface area contributed by atoms with E-state index in [0.29, 0.717) is 12.2 Å². The molecule has 0 saturated heterocycles. The van der Waals surface area contributed by atoms with E-state index in [0.717, 1.165) is 35.4 Å². The van der Waals surface area contributed by atoms with Crippen LogP contribution in [0.4, 0.5) is 0 Å². The summed E-state index contributed by atoms with van der Waals surface area (Å²) in [6.45, 7) is 6.34. The fourth-order valence-electron chi connectivity index (χ4n) is 2.21. The van der Waals surface area contributed by atoms with Gasteiger partial charge in [-0.1, -0.05) is 18.2 Å². The molecular formula is C18H21NO2. The van der Waals surface area contributed by atoms with Crippen LogP contribution >= 0.6 is 0 Å². The zero-order valence-corrected chi connectivity index (χ0v) is 12.8. The quantitative estimate of drug-likeness (QED) is 0.619. The van der Waals surface area contributed by atoms with Gasteiger partial charge >= 0.3 is 5.97 Å². The molecule has 0 amide bonds. The van der Waals surface area contributed by atoms with Crippen LogP contribution in [0.25, 0.3) is 0 Å². The number of hydrogen-bond acceptors (Lipinski definition) is 3. The molecule has 2 aromatic rings. The van der Waals surface area contributed by atoms with Crippen molar-refractivity contribution in [2.24, 2.45) is 0 Å². The summed E-state index contributed by atoms with van der Waals surface area (Å²) >= 11 is 0. The van der Waals surface area contributed by atoms with Gasteiger partial charge in [0.1, 0.15) is 0 Å². The van der Waals surface area contributed by atoms with E-state index in [4.69, 9.17) is 4.74 Å². The van der Waals surface area contributed by atoms with Crippen LogP contribution in [0.3, 0.4) is 0 Å². The highest BCUT2D eigenvalue weighted by molar-refractivity contribution is 5.91. The van der Waals surface area contributed by atoms with Gasteiger partial charge in [-0.25, -0.2) is 4.79 Å². The van der Waals surface area contributed by atoms with Gasteiger partial charge in [0.2, 0.25) is 0 Å². The smallest absolute Gasteiger partial charge is 0.338 e. The molecule has 1 heterocycles. The summed E-state index contributed by atoms with van der Waals surface area (Å²) in [5.74, 6) is -0.242. The van der Waals surface area contributed by atoms with Gasteiger partial charge in [0, 0.05) is 11.4 Å². The van der Waals surface area contributed by atoms with E-state index in [1.54, 1.807) is 0 Å². The van der Waals surface area contributed by atoms with Crippen LogP contribution in [0.15, 0.2) is 36.4 Å². The molecule has 0 fully saturated rings. The monoisotopic (exact) mass is 283 g/mol. The minimum absolute atomic E-state index is 0.242. The number of ether oxygens (including phenoxy) is 1. The summed E-state index contributed by atoms with van der Waals surface area (Å²) in [7, 11) is 0. The van der Waals surface area contributed by atoms with Crippen molar-refractivity contribution in [3.63, 3.8) is 0 Å². The first-order valence-electron chi connectivity index (χ1n) is 7.24. The Morgan fingerprint density at radius 2 is 1.86 bits per heavy atom. The number of esters is 1. The Morgan fingerprint density at radius 3 is 2.62 bits per heavy atom. The maximum absolute atomic E-state index is 12.0. The van der Waals surface area contributed by atoms with Crippen LogP contribution in [-0.2, 0) is 11.2 Å². The van der Waals surface area contributed by atoms with Crippen molar-refractivity contribution in [1.82, 2.24) is 4.98 Å². The third-order valence-electron chi connectivity index (χ3n) is 3.58. The van der Waals surface area contributed by atoms with Crippen LogP contribution in [0.1, 0.15) is 39.3 Å². The van der Waals surface area contributed by atoms with Crippen molar-refractivity contribution in [3.8, 4) is 0 Å². The molecule has 0 unspecified atom stereocenters. The molecule has 0 atom stereocenters. The van der Waals surface area contributed by atoms with E-state index in [9.17, 15) is 4.79 Å². The standard InChI is InChI=1S/C18H21NO2/c1-13-7-4-11-17(15(13)3)18(20)21-12-6-10-16-9-5-8-14(2)19-16/h4-5,7-9,11H,6,10,12H2,1-3H3. The van der Waals surface area contributed by atoms with Crippen molar-refractivity contribution in [3.05, 3.63) is 64.5 Å². The van der Waals surface area contributed by atoms with Gasteiger partial charge in [-0.05, 0) is 62.9 Å². The molecular weight excluding hydrogens is 262 g/mol. The van der Waals surface area contributed by atoms with E-state index in [1.807, 2.05) is 57.2 Å². The molecule has 1 aromatic carbocycles. The molecule has 110 valence electrons. The number of carbonyl (C=O) groups excluding carboxylic acids is 1. The normalized spacial score (nSPS) is 10.4. The zero-order chi connectivity index (χ0) is 15.2. The van der Waals surface area contributed by atoms with Crippen LogP contribution in [-0.4, -0.2) is 17.6 Å². The number of pyridine rings is 1. The fourth-order valence-corrected chi connectivity index (χ4v) is 2.21. The number of carbonyl (C=O) groups is 1. The average molecular weight is 283 g/mol. The second kappa shape index (κ2) is 7.02. The number of hydrogen-bond donors (Lipinski definition) is 0. The van der Waals surface area contributed by atoms with Crippen LogP contribution in [0.2, 0.25) is 0 Å². The average Bonchev–Trinajstić information content (AvgIpc) is 2.46. The maximum Gasteiger partial charge on any atom is 0.338 e. The van der Waals surface area contributed by atoms with Crippen molar-refractivity contribution in [2.45, 2.75) is 33.6 Å². The topological polar surface area (TPSA) is 39.2 Å². The van der Waals surface area contributed by atoms with Gasteiger partial charge in [-0.15, -0.1) is 0 Å². The van der Waals surface area contributed by atoms with E-state index >= 15 is 0 Å². The highest BCUT2D eigenvalue weighted by Gasteiger charge is 2.11. The van der Waals surface area contributed by atoms with E-state index < -0.39 is 0 Å². The summed E-state index contributed by atoms with van der Waals surface area (Å²) < 4.78 is 5.35. The van der Waals surface area contributed by atoms with E-state index in [-0.39, 0.29) is 5.97 Å². The lowest BCUT2D eigenvalue weighted by atomic mass is 10.0. The van der Waals surface area contributed by atoms with Gasteiger partial charge in [0.25, 0.3) is 0 Å². The first-order valence-corrected chi connectivity index (χ1v) is 7.24. The van der Waals surface area contributed by atoms with Gasteiger partial charge in [0.05, 0.1) is 12.2 Å². The molecule has 3 heteroatoms. The van der Waals surface area contributed by atoms with Crippen molar-refractivity contribution >= 4 is 5.97 Å². The van der Waals surface area contributed by atoms with Gasteiger partial charge in [0.15, 0.2) is 0 Å². The second-order valence-electron chi connectivity index (χ2n) is 5.26. The third-order valence-corrected chi connectivity index (χ3v) is 3.58. The Hall–Kier alpha value is -2.16. The summed E-state index contributed by atoms with van der Waals surface area (Å²) in [4.78, 5) is 16.5. The first-order chi connectivity index (χ1) is 10.1. The van der Waals surface area contributed by atoms with Crippen LogP contribution < -0.4 is 0 Å². The summed E-state index contributed by atoms with van der Waals surface area (Å²) in [5.41, 5.74) is 4.80. The second-order valence-corrected chi connectivity index (χ2v) is 5.26. The summed E-state index contributed by atoms with van der Waals surface area (Å²) in [6.07, 6.45) is 1.61. The number of aromatic nitrogens is 1. The molecule has 0 saturated carbocycles. The Bertz CT molecular complexity index is 635. The Morgan fingerprint density at radius 1 is 1.10 bits per heavy atom. The molecule has 0 aliphatic carbocycles. The predicted octanol–water partition coefficient (Wildman–Crippen LogP) is 3.80.